The lowest BCUT2D eigenvalue weighted by atomic mass is 9.91. The molecule has 0 atom stereocenters. The minimum absolute atomic E-state index is 0.244. The topological polar surface area (TPSA) is 45.5 Å². The number of halogens is 2. The number of hydrogen-bond acceptors (Lipinski definition) is 2. The molecule has 0 aliphatic carbocycles. The zero-order chi connectivity index (χ0) is 13.3. The van der Waals surface area contributed by atoms with E-state index >= 15 is 0 Å². The minimum atomic E-state index is -2.49. The Morgan fingerprint density at radius 3 is 2.78 bits per heavy atom. The molecule has 0 saturated carbocycles. The van der Waals surface area contributed by atoms with Gasteiger partial charge < -0.3 is 14.6 Å². The van der Waals surface area contributed by atoms with Crippen LogP contribution < -0.4 is 0 Å². The van der Waals surface area contributed by atoms with Crippen LogP contribution in [0.2, 0.25) is 0 Å². The second kappa shape index (κ2) is 4.68. The van der Waals surface area contributed by atoms with Crippen molar-refractivity contribution in [2.75, 3.05) is 13.1 Å². The highest BCUT2D eigenvalue weighted by Crippen LogP contribution is 2.25. The lowest BCUT2D eigenvalue weighted by Gasteiger charge is -2.46. The third-order valence-electron chi connectivity index (χ3n) is 3.30. The van der Waals surface area contributed by atoms with Crippen LogP contribution in [0.5, 0.6) is 0 Å². The summed E-state index contributed by atoms with van der Waals surface area (Å²) in [5.41, 5.74) is -0.566. The molecule has 1 N–H and O–H groups in total. The van der Waals surface area contributed by atoms with Gasteiger partial charge in [0.15, 0.2) is 0 Å². The summed E-state index contributed by atoms with van der Waals surface area (Å²) in [6.45, 7) is 1.89. The van der Waals surface area contributed by atoms with Crippen LogP contribution in [0.1, 0.15) is 23.8 Å². The molecule has 100 valence electrons. The first-order chi connectivity index (χ1) is 8.45. The second-order valence-electron chi connectivity index (χ2n) is 4.68. The fourth-order valence-corrected chi connectivity index (χ4v) is 2.11. The molecule has 1 amide bonds. The number of carbonyl (C=O) groups excluding carboxylic acids is 1. The quantitative estimate of drug-likeness (QED) is 0.886. The number of alkyl halides is 2. The Kier molecular flexibility index (Phi) is 3.38. The van der Waals surface area contributed by atoms with Crippen LogP contribution in [0.15, 0.2) is 18.3 Å². The molecule has 1 aliphatic rings. The molecule has 0 aromatic carbocycles. The van der Waals surface area contributed by atoms with E-state index in [1.807, 2.05) is 6.92 Å². The largest absolute Gasteiger partial charge is 0.386 e. The lowest BCUT2D eigenvalue weighted by molar-refractivity contribution is -0.0830. The zero-order valence-corrected chi connectivity index (χ0v) is 10.1. The van der Waals surface area contributed by atoms with Gasteiger partial charge >= 0.3 is 0 Å². The Morgan fingerprint density at radius 1 is 1.56 bits per heavy atom. The van der Waals surface area contributed by atoms with Crippen LogP contribution in [-0.2, 0) is 6.54 Å². The molecule has 1 saturated heterocycles. The SMILES string of the molecule is CCC1(O)CN(C(=O)c2cccn2CC(F)F)C1. The van der Waals surface area contributed by atoms with Gasteiger partial charge in [0.25, 0.3) is 12.3 Å². The Labute approximate surface area is 104 Å². The van der Waals surface area contributed by atoms with Crippen molar-refractivity contribution in [2.24, 2.45) is 0 Å². The normalized spacial score (nSPS) is 17.9. The fourth-order valence-electron chi connectivity index (χ4n) is 2.11. The molecule has 0 spiro atoms. The molecule has 2 rings (SSSR count). The van der Waals surface area contributed by atoms with Gasteiger partial charge in [-0.3, -0.25) is 4.79 Å². The molecule has 0 bridgehead atoms. The smallest absolute Gasteiger partial charge is 0.270 e. The van der Waals surface area contributed by atoms with Gasteiger partial charge in [-0.1, -0.05) is 6.92 Å². The Bertz CT molecular complexity index is 439. The molecule has 2 heterocycles. The molecule has 0 radical (unpaired) electrons. The van der Waals surface area contributed by atoms with Gasteiger partial charge in [0.2, 0.25) is 0 Å². The van der Waals surface area contributed by atoms with Crippen molar-refractivity contribution < 1.29 is 18.7 Å². The average Bonchev–Trinajstić information content (AvgIpc) is 2.71. The van der Waals surface area contributed by atoms with Crippen molar-refractivity contribution in [2.45, 2.75) is 31.9 Å². The van der Waals surface area contributed by atoms with Crippen molar-refractivity contribution >= 4 is 5.91 Å². The summed E-state index contributed by atoms with van der Waals surface area (Å²) in [6.07, 6.45) is -0.451. The highest BCUT2D eigenvalue weighted by atomic mass is 19.3. The van der Waals surface area contributed by atoms with E-state index in [4.69, 9.17) is 0 Å². The molecule has 6 heteroatoms. The summed E-state index contributed by atoms with van der Waals surface area (Å²) < 4.78 is 25.9. The molecule has 18 heavy (non-hydrogen) atoms. The number of aliphatic hydroxyl groups is 1. The molecule has 1 fully saturated rings. The number of amides is 1. The molecule has 1 aliphatic heterocycles. The highest BCUT2D eigenvalue weighted by molar-refractivity contribution is 5.93. The fraction of sp³-hybridized carbons (Fsp3) is 0.583. The number of aromatic nitrogens is 1. The van der Waals surface area contributed by atoms with Crippen LogP contribution in [0, 0.1) is 0 Å². The number of likely N-dealkylation sites (tertiary alicyclic amines) is 1. The van der Waals surface area contributed by atoms with Gasteiger partial charge in [-0.05, 0) is 18.6 Å². The van der Waals surface area contributed by atoms with Crippen LogP contribution in [-0.4, -0.2) is 45.6 Å². The molecule has 1 aromatic heterocycles. The summed E-state index contributed by atoms with van der Waals surface area (Å²) in [6, 6.07) is 3.09. The first kappa shape index (κ1) is 13.0. The minimum Gasteiger partial charge on any atom is -0.386 e. The number of β-amino-alcohol motifs (C(OH)–C–C–N with tert-alkyl or cyclic N) is 1. The summed E-state index contributed by atoms with van der Waals surface area (Å²) in [5.74, 6) is -0.307. The van der Waals surface area contributed by atoms with E-state index in [1.54, 1.807) is 6.07 Å². The molecular weight excluding hydrogens is 242 g/mol. The van der Waals surface area contributed by atoms with Crippen molar-refractivity contribution in [3.05, 3.63) is 24.0 Å². The number of carbonyl (C=O) groups is 1. The highest BCUT2D eigenvalue weighted by Gasteiger charge is 2.42. The van der Waals surface area contributed by atoms with E-state index in [9.17, 15) is 18.7 Å². The average molecular weight is 258 g/mol. The molecular formula is C12H16F2N2O2. The van der Waals surface area contributed by atoms with E-state index in [0.29, 0.717) is 6.42 Å². The van der Waals surface area contributed by atoms with E-state index in [0.717, 1.165) is 0 Å². The monoisotopic (exact) mass is 258 g/mol. The Balaban J connectivity index is 2.05. The van der Waals surface area contributed by atoms with Crippen molar-refractivity contribution in [1.82, 2.24) is 9.47 Å². The van der Waals surface area contributed by atoms with E-state index in [1.165, 1.54) is 21.7 Å². The first-order valence-electron chi connectivity index (χ1n) is 5.90. The zero-order valence-electron chi connectivity index (χ0n) is 10.1. The predicted molar refractivity (Wildman–Crippen MR) is 61.6 cm³/mol. The van der Waals surface area contributed by atoms with Crippen LogP contribution >= 0.6 is 0 Å². The van der Waals surface area contributed by atoms with Gasteiger partial charge in [-0.2, -0.15) is 0 Å². The van der Waals surface area contributed by atoms with Gasteiger partial charge in [0.1, 0.15) is 5.69 Å². The summed E-state index contributed by atoms with van der Waals surface area (Å²) in [5, 5.41) is 9.83. The van der Waals surface area contributed by atoms with Crippen LogP contribution in [0.25, 0.3) is 0 Å². The Hall–Kier alpha value is -1.43. The number of nitrogens with zero attached hydrogens (tertiary/aromatic N) is 2. The molecule has 1 aromatic rings. The summed E-state index contributed by atoms with van der Waals surface area (Å²) in [7, 11) is 0. The van der Waals surface area contributed by atoms with Crippen LogP contribution in [0.3, 0.4) is 0 Å². The maximum Gasteiger partial charge on any atom is 0.270 e. The summed E-state index contributed by atoms with van der Waals surface area (Å²) in [4.78, 5) is 13.5. The third kappa shape index (κ3) is 2.38. The lowest BCUT2D eigenvalue weighted by Crippen LogP contribution is -2.63. The van der Waals surface area contributed by atoms with Gasteiger partial charge in [0.05, 0.1) is 25.2 Å². The maximum atomic E-state index is 12.3. The molecule has 0 unspecified atom stereocenters. The van der Waals surface area contributed by atoms with E-state index in [-0.39, 0.29) is 24.7 Å². The molecule has 4 nitrogen and oxygen atoms in total. The van der Waals surface area contributed by atoms with Crippen LogP contribution in [0.4, 0.5) is 8.78 Å². The van der Waals surface area contributed by atoms with Crippen molar-refractivity contribution in [3.8, 4) is 0 Å². The van der Waals surface area contributed by atoms with E-state index in [2.05, 4.69) is 0 Å². The standard InChI is InChI=1S/C12H16F2N2O2/c1-2-12(18)7-16(8-12)11(17)9-4-3-5-15(9)6-10(13)14/h3-5,10,18H,2,6-8H2,1H3. The van der Waals surface area contributed by atoms with Gasteiger partial charge in [-0.25, -0.2) is 8.78 Å². The first-order valence-corrected chi connectivity index (χ1v) is 5.90. The predicted octanol–water partition coefficient (Wildman–Crippen LogP) is 1.35. The summed E-state index contributed by atoms with van der Waals surface area (Å²) >= 11 is 0. The third-order valence-corrected chi connectivity index (χ3v) is 3.30. The van der Waals surface area contributed by atoms with Gasteiger partial charge in [-0.15, -0.1) is 0 Å². The van der Waals surface area contributed by atoms with Crippen molar-refractivity contribution in [1.29, 1.82) is 0 Å². The van der Waals surface area contributed by atoms with Crippen molar-refractivity contribution in [3.63, 3.8) is 0 Å². The van der Waals surface area contributed by atoms with E-state index < -0.39 is 18.6 Å². The number of hydrogen-bond donors (Lipinski definition) is 1. The maximum absolute atomic E-state index is 12.3. The Morgan fingerprint density at radius 2 is 2.22 bits per heavy atom. The second-order valence-corrected chi connectivity index (χ2v) is 4.68. The van der Waals surface area contributed by atoms with Gasteiger partial charge in [0, 0.05) is 6.20 Å². The number of rotatable bonds is 4.